The van der Waals surface area contributed by atoms with Crippen LogP contribution in [0.3, 0.4) is 0 Å². The zero-order valence-corrected chi connectivity index (χ0v) is 29.5. The SMILES string of the molecule is CC1(C)c2ccccc2-c2cc3ccc4c(N(c5ccccc5)c5cccc(-c6cccc7c6-c6ccccc6C7(C)C)c5)cccc4c3cc21. The first kappa shape index (κ1) is 29.9. The Morgan fingerprint density at radius 3 is 1.82 bits per heavy atom. The number of benzene rings is 8. The molecule has 0 heterocycles. The van der Waals surface area contributed by atoms with Crippen molar-refractivity contribution in [1.29, 1.82) is 0 Å². The van der Waals surface area contributed by atoms with E-state index in [-0.39, 0.29) is 10.8 Å². The molecule has 0 radical (unpaired) electrons. The third-order valence-corrected chi connectivity index (χ3v) is 11.8. The summed E-state index contributed by atoms with van der Waals surface area (Å²) >= 11 is 0. The van der Waals surface area contributed by atoms with E-state index in [1.165, 1.54) is 82.9 Å². The lowest BCUT2D eigenvalue weighted by atomic mass is 9.81. The number of para-hydroxylation sites is 1. The summed E-state index contributed by atoms with van der Waals surface area (Å²) in [5.41, 5.74) is 16.9. The second-order valence-electron chi connectivity index (χ2n) is 15.3. The Balaban J connectivity index is 1.17. The largest absolute Gasteiger partial charge is 0.310 e. The molecule has 0 saturated heterocycles. The van der Waals surface area contributed by atoms with Crippen molar-refractivity contribution in [2.24, 2.45) is 0 Å². The molecule has 2 aliphatic carbocycles. The molecule has 0 N–H and O–H groups in total. The molecule has 0 saturated carbocycles. The lowest BCUT2D eigenvalue weighted by Gasteiger charge is -2.28. The van der Waals surface area contributed by atoms with Gasteiger partial charge in [0.1, 0.15) is 0 Å². The lowest BCUT2D eigenvalue weighted by Crippen LogP contribution is -2.14. The van der Waals surface area contributed by atoms with Gasteiger partial charge in [-0.3, -0.25) is 0 Å². The average molecular weight is 654 g/mol. The summed E-state index contributed by atoms with van der Waals surface area (Å²) in [6.07, 6.45) is 0. The van der Waals surface area contributed by atoms with Crippen molar-refractivity contribution in [3.63, 3.8) is 0 Å². The Kier molecular flexibility index (Phi) is 6.34. The van der Waals surface area contributed by atoms with E-state index in [1.807, 2.05) is 0 Å². The molecule has 51 heavy (non-hydrogen) atoms. The highest BCUT2D eigenvalue weighted by molar-refractivity contribution is 6.14. The van der Waals surface area contributed by atoms with Crippen molar-refractivity contribution in [2.45, 2.75) is 38.5 Å². The van der Waals surface area contributed by atoms with Gasteiger partial charge in [0.25, 0.3) is 0 Å². The van der Waals surface area contributed by atoms with E-state index >= 15 is 0 Å². The minimum Gasteiger partial charge on any atom is -0.310 e. The predicted molar refractivity (Wildman–Crippen MR) is 217 cm³/mol. The highest BCUT2D eigenvalue weighted by atomic mass is 15.1. The molecule has 10 rings (SSSR count). The van der Waals surface area contributed by atoms with E-state index in [2.05, 4.69) is 196 Å². The Morgan fingerprint density at radius 1 is 0.373 bits per heavy atom. The highest BCUT2D eigenvalue weighted by Crippen LogP contribution is 2.53. The quantitative estimate of drug-likeness (QED) is 0.171. The summed E-state index contributed by atoms with van der Waals surface area (Å²) in [5, 5.41) is 5.09. The van der Waals surface area contributed by atoms with Gasteiger partial charge in [-0.1, -0.05) is 149 Å². The number of nitrogens with zero attached hydrogens (tertiary/aromatic N) is 1. The standard InChI is InChI=1S/C50H39N/c1-49(2)44-24-11-9-20-40(44)48-36(21-13-25-45(48)49)32-15-12-18-35(29-32)51(34-16-6-5-7-17-34)47-26-14-22-37-39(47)28-27-33-30-42-38-19-8-10-23-43(38)50(3,4)46(42)31-41(33)37/h5-31H,1-4H3. The van der Waals surface area contributed by atoms with Crippen molar-refractivity contribution >= 4 is 38.6 Å². The van der Waals surface area contributed by atoms with Gasteiger partial charge in [0.15, 0.2) is 0 Å². The Bertz CT molecular complexity index is 2690. The van der Waals surface area contributed by atoms with Crippen molar-refractivity contribution in [1.82, 2.24) is 0 Å². The fraction of sp³-hybridized carbons (Fsp3) is 0.120. The predicted octanol–water partition coefficient (Wildman–Crippen LogP) is 13.7. The molecule has 8 aromatic rings. The summed E-state index contributed by atoms with van der Waals surface area (Å²) in [6.45, 7) is 9.44. The number of fused-ring (bicyclic) bond motifs is 9. The van der Waals surface area contributed by atoms with E-state index in [1.54, 1.807) is 0 Å². The third-order valence-electron chi connectivity index (χ3n) is 11.8. The molecule has 8 aromatic carbocycles. The Morgan fingerprint density at radius 2 is 1.00 bits per heavy atom. The van der Waals surface area contributed by atoms with Crippen LogP contribution >= 0.6 is 0 Å². The third kappa shape index (κ3) is 4.28. The monoisotopic (exact) mass is 653 g/mol. The Labute approximate surface area is 300 Å². The zero-order chi connectivity index (χ0) is 34.5. The van der Waals surface area contributed by atoms with Crippen LogP contribution in [0.25, 0.3) is 54.9 Å². The normalized spacial score (nSPS) is 14.6. The van der Waals surface area contributed by atoms with Gasteiger partial charge in [-0.25, -0.2) is 0 Å². The topological polar surface area (TPSA) is 3.24 Å². The molecule has 0 atom stereocenters. The fourth-order valence-electron chi connectivity index (χ4n) is 9.28. The summed E-state index contributed by atoms with van der Waals surface area (Å²) in [6, 6.07) is 61.0. The summed E-state index contributed by atoms with van der Waals surface area (Å²) in [5.74, 6) is 0. The number of hydrogen-bond donors (Lipinski definition) is 0. The molecule has 1 heteroatoms. The van der Waals surface area contributed by atoms with Gasteiger partial charge >= 0.3 is 0 Å². The number of rotatable bonds is 4. The maximum absolute atomic E-state index is 2.47. The van der Waals surface area contributed by atoms with Gasteiger partial charge in [-0.05, 0) is 114 Å². The molecule has 0 amide bonds. The molecule has 0 bridgehead atoms. The first-order valence-corrected chi connectivity index (χ1v) is 18.1. The molecule has 0 aliphatic heterocycles. The summed E-state index contributed by atoms with van der Waals surface area (Å²) < 4.78 is 0. The van der Waals surface area contributed by atoms with Crippen molar-refractivity contribution in [3.05, 3.63) is 186 Å². The van der Waals surface area contributed by atoms with Gasteiger partial charge in [-0.15, -0.1) is 0 Å². The molecular formula is C50H39N. The molecule has 0 aromatic heterocycles. The molecule has 0 fully saturated rings. The van der Waals surface area contributed by atoms with Crippen LogP contribution in [-0.4, -0.2) is 0 Å². The maximum atomic E-state index is 2.47. The van der Waals surface area contributed by atoms with Crippen LogP contribution in [-0.2, 0) is 10.8 Å². The van der Waals surface area contributed by atoms with Gasteiger partial charge in [0.2, 0.25) is 0 Å². The van der Waals surface area contributed by atoms with Crippen LogP contribution in [0.4, 0.5) is 17.1 Å². The second-order valence-corrected chi connectivity index (χ2v) is 15.3. The molecule has 0 spiro atoms. The van der Waals surface area contributed by atoms with E-state index in [9.17, 15) is 0 Å². The molecule has 0 unspecified atom stereocenters. The van der Waals surface area contributed by atoms with E-state index < -0.39 is 0 Å². The lowest BCUT2D eigenvalue weighted by molar-refractivity contribution is 0.660. The smallest absolute Gasteiger partial charge is 0.0540 e. The molecule has 1 nitrogen and oxygen atoms in total. The summed E-state index contributed by atoms with van der Waals surface area (Å²) in [4.78, 5) is 2.44. The minimum absolute atomic E-state index is 0.0422. The van der Waals surface area contributed by atoms with Gasteiger partial charge in [-0.2, -0.15) is 0 Å². The van der Waals surface area contributed by atoms with E-state index in [4.69, 9.17) is 0 Å². The van der Waals surface area contributed by atoms with Crippen LogP contribution < -0.4 is 4.90 Å². The first-order chi connectivity index (χ1) is 24.8. The summed E-state index contributed by atoms with van der Waals surface area (Å²) in [7, 11) is 0. The van der Waals surface area contributed by atoms with Crippen LogP contribution in [0.5, 0.6) is 0 Å². The Hall–Kier alpha value is -5.92. The van der Waals surface area contributed by atoms with Crippen molar-refractivity contribution in [2.75, 3.05) is 4.90 Å². The molecule has 2 aliphatic rings. The number of hydrogen-bond acceptors (Lipinski definition) is 1. The average Bonchev–Trinajstić information content (AvgIpc) is 3.54. The number of anilines is 3. The van der Waals surface area contributed by atoms with Gasteiger partial charge in [0.05, 0.1) is 5.69 Å². The van der Waals surface area contributed by atoms with Crippen LogP contribution in [0.2, 0.25) is 0 Å². The maximum Gasteiger partial charge on any atom is 0.0540 e. The molecule has 244 valence electrons. The van der Waals surface area contributed by atoms with Crippen LogP contribution in [0.1, 0.15) is 49.9 Å². The van der Waals surface area contributed by atoms with Gasteiger partial charge < -0.3 is 4.90 Å². The molecular weight excluding hydrogens is 615 g/mol. The van der Waals surface area contributed by atoms with E-state index in [0.717, 1.165) is 11.4 Å². The second kappa shape index (κ2) is 10.8. The first-order valence-electron chi connectivity index (χ1n) is 18.1. The van der Waals surface area contributed by atoms with Gasteiger partial charge in [0, 0.05) is 27.6 Å². The highest BCUT2D eigenvalue weighted by Gasteiger charge is 2.37. The minimum atomic E-state index is -0.0518. The van der Waals surface area contributed by atoms with Crippen molar-refractivity contribution in [3.8, 4) is 33.4 Å². The van der Waals surface area contributed by atoms with E-state index in [0.29, 0.717) is 0 Å². The van der Waals surface area contributed by atoms with Crippen LogP contribution in [0.15, 0.2) is 164 Å². The fourth-order valence-corrected chi connectivity index (χ4v) is 9.28. The van der Waals surface area contributed by atoms with Crippen molar-refractivity contribution < 1.29 is 0 Å². The van der Waals surface area contributed by atoms with Crippen LogP contribution in [0, 0.1) is 0 Å². The zero-order valence-electron chi connectivity index (χ0n) is 29.5.